The number of carbonyl (C=O) groups excluding carboxylic acids is 2. The topological polar surface area (TPSA) is 92.8 Å². The Balaban J connectivity index is 1.58. The van der Waals surface area contributed by atoms with Gasteiger partial charge in [-0.25, -0.2) is 17.6 Å². The Morgan fingerprint density at radius 1 is 1.21 bits per heavy atom. The number of esters is 1. The molecule has 2 aromatic rings. The van der Waals surface area contributed by atoms with E-state index in [1.54, 1.807) is 30.3 Å². The van der Waals surface area contributed by atoms with Crippen LogP contribution in [0.2, 0.25) is 0 Å². The predicted octanol–water partition coefficient (Wildman–Crippen LogP) is 2.01. The Morgan fingerprint density at radius 3 is 2.69 bits per heavy atom. The maximum atomic E-state index is 13.5. The van der Waals surface area contributed by atoms with E-state index in [1.165, 1.54) is 16.4 Å². The molecule has 0 fully saturated rings. The molecule has 0 atom stereocenters. The molecule has 0 saturated carbocycles. The molecule has 1 aliphatic rings. The van der Waals surface area contributed by atoms with E-state index in [4.69, 9.17) is 4.74 Å². The molecule has 1 heterocycles. The summed E-state index contributed by atoms with van der Waals surface area (Å²) in [5.74, 6) is -1.67. The zero-order chi connectivity index (χ0) is 21.0. The molecule has 1 aliphatic heterocycles. The Kier molecular flexibility index (Phi) is 6.17. The van der Waals surface area contributed by atoms with Crippen LogP contribution < -0.4 is 9.62 Å². The summed E-state index contributed by atoms with van der Waals surface area (Å²) in [6.45, 7) is -0.110. The van der Waals surface area contributed by atoms with E-state index in [0.717, 1.165) is 11.8 Å². The molecular weight excluding hydrogens is 399 g/mol. The number of amides is 1. The molecule has 0 aliphatic carbocycles. The first kappa shape index (κ1) is 20.8. The predicted molar refractivity (Wildman–Crippen MR) is 105 cm³/mol. The highest BCUT2D eigenvalue weighted by atomic mass is 32.2. The molecule has 0 radical (unpaired) electrons. The van der Waals surface area contributed by atoms with Crippen molar-refractivity contribution in [2.24, 2.45) is 0 Å². The molecular formula is C20H21FN2O5S. The fourth-order valence-corrected chi connectivity index (χ4v) is 4.13. The van der Waals surface area contributed by atoms with Crippen molar-refractivity contribution in [3.63, 3.8) is 0 Å². The van der Waals surface area contributed by atoms with E-state index in [9.17, 15) is 22.4 Å². The van der Waals surface area contributed by atoms with Crippen molar-refractivity contribution in [3.05, 3.63) is 65.0 Å². The average Bonchev–Trinajstić information content (AvgIpc) is 2.69. The minimum atomic E-state index is -3.39. The number of ether oxygens (including phenoxy) is 1. The molecule has 0 bridgehead atoms. The van der Waals surface area contributed by atoms with E-state index >= 15 is 0 Å². The first-order chi connectivity index (χ1) is 13.8. The lowest BCUT2D eigenvalue weighted by Gasteiger charge is -2.29. The number of benzene rings is 2. The summed E-state index contributed by atoms with van der Waals surface area (Å²) < 4.78 is 43.7. The third-order valence-electron chi connectivity index (χ3n) is 4.56. The second-order valence-corrected chi connectivity index (χ2v) is 8.63. The summed E-state index contributed by atoms with van der Waals surface area (Å²) in [6.07, 6.45) is 2.44. The monoisotopic (exact) mass is 420 g/mol. The zero-order valence-electron chi connectivity index (χ0n) is 15.9. The van der Waals surface area contributed by atoms with Crippen molar-refractivity contribution in [1.82, 2.24) is 5.32 Å². The second kappa shape index (κ2) is 8.60. The number of carbonyl (C=O) groups is 2. The second-order valence-electron chi connectivity index (χ2n) is 6.73. The van der Waals surface area contributed by atoms with E-state index in [2.05, 4.69) is 5.32 Å². The largest absolute Gasteiger partial charge is 0.452 e. The van der Waals surface area contributed by atoms with Crippen LogP contribution in [0.3, 0.4) is 0 Å². The summed E-state index contributed by atoms with van der Waals surface area (Å²) in [5.41, 5.74) is 1.86. The number of nitrogens with zero attached hydrogens (tertiary/aromatic N) is 1. The minimum absolute atomic E-state index is 0.0107. The summed E-state index contributed by atoms with van der Waals surface area (Å²) in [6, 6.07) is 10.7. The van der Waals surface area contributed by atoms with Crippen LogP contribution >= 0.6 is 0 Å². The van der Waals surface area contributed by atoms with Crippen LogP contribution in [-0.4, -0.2) is 39.7 Å². The number of rotatable bonds is 6. The van der Waals surface area contributed by atoms with Gasteiger partial charge in [0.15, 0.2) is 6.61 Å². The van der Waals surface area contributed by atoms with Gasteiger partial charge in [0.2, 0.25) is 10.0 Å². The standard InChI is InChI=1S/C20H21FN2O5S/c1-29(26,27)23-10-4-6-14-11-15(8-9-18(14)23)20(25)28-13-19(24)22-12-16-5-2-3-7-17(16)21/h2-3,5,7-9,11H,4,6,10,12-13H2,1H3,(H,22,24). The Labute approximate surface area is 168 Å². The van der Waals surface area contributed by atoms with Crippen LogP contribution in [0.4, 0.5) is 10.1 Å². The normalized spacial score (nSPS) is 13.5. The van der Waals surface area contributed by atoms with Crippen molar-refractivity contribution >= 4 is 27.6 Å². The summed E-state index contributed by atoms with van der Waals surface area (Å²) in [5, 5.41) is 2.49. The first-order valence-corrected chi connectivity index (χ1v) is 10.9. The summed E-state index contributed by atoms with van der Waals surface area (Å²) >= 11 is 0. The third kappa shape index (κ3) is 5.11. The van der Waals surface area contributed by atoms with Gasteiger partial charge in [0, 0.05) is 18.7 Å². The molecule has 154 valence electrons. The molecule has 3 rings (SSSR count). The number of nitrogens with one attached hydrogen (secondary N) is 1. The van der Waals surface area contributed by atoms with Crippen LogP contribution in [-0.2, 0) is 32.5 Å². The number of hydrogen-bond acceptors (Lipinski definition) is 5. The molecule has 1 N–H and O–H groups in total. The number of sulfonamides is 1. The highest BCUT2D eigenvalue weighted by Gasteiger charge is 2.25. The SMILES string of the molecule is CS(=O)(=O)N1CCCc2cc(C(=O)OCC(=O)NCc3ccccc3F)ccc21. The number of fused-ring (bicyclic) bond motifs is 1. The Morgan fingerprint density at radius 2 is 1.97 bits per heavy atom. The molecule has 7 nitrogen and oxygen atoms in total. The van der Waals surface area contributed by atoms with E-state index < -0.39 is 34.3 Å². The molecule has 0 saturated heterocycles. The van der Waals surface area contributed by atoms with Gasteiger partial charge in [0.05, 0.1) is 17.5 Å². The average molecular weight is 420 g/mol. The number of halogens is 1. The van der Waals surface area contributed by atoms with Crippen LogP contribution in [0.25, 0.3) is 0 Å². The molecule has 1 amide bonds. The summed E-state index contributed by atoms with van der Waals surface area (Å²) in [7, 11) is -3.39. The van der Waals surface area contributed by atoms with Crippen molar-refractivity contribution in [2.75, 3.05) is 23.7 Å². The van der Waals surface area contributed by atoms with Crippen LogP contribution in [0.15, 0.2) is 42.5 Å². The highest BCUT2D eigenvalue weighted by molar-refractivity contribution is 7.92. The van der Waals surface area contributed by atoms with Crippen molar-refractivity contribution in [3.8, 4) is 0 Å². The summed E-state index contributed by atoms with van der Waals surface area (Å²) in [4.78, 5) is 24.1. The zero-order valence-corrected chi connectivity index (χ0v) is 16.7. The van der Waals surface area contributed by atoms with Crippen LogP contribution in [0.5, 0.6) is 0 Å². The number of aryl methyl sites for hydroxylation is 1. The van der Waals surface area contributed by atoms with E-state index in [-0.39, 0.29) is 12.1 Å². The lowest BCUT2D eigenvalue weighted by Crippen LogP contribution is -2.34. The molecule has 0 unspecified atom stereocenters. The molecule has 2 aromatic carbocycles. The minimum Gasteiger partial charge on any atom is -0.452 e. The van der Waals surface area contributed by atoms with Gasteiger partial charge >= 0.3 is 5.97 Å². The fraction of sp³-hybridized carbons (Fsp3) is 0.300. The van der Waals surface area contributed by atoms with Gasteiger partial charge in [-0.05, 0) is 42.7 Å². The van der Waals surface area contributed by atoms with Crippen molar-refractivity contribution in [2.45, 2.75) is 19.4 Å². The van der Waals surface area contributed by atoms with Gasteiger partial charge < -0.3 is 10.1 Å². The maximum Gasteiger partial charge on any atom is 0.338 e. The lowest BCUT2D eigenvalue weighted by molar-refractivity contribution is -0.124. The highest BCUT2D eigenvalue weighted by Crippen LogP contribution is 2.30. The number of anilines is 1. The van der Waals surface area contributed by atoms with Crippen LogP contribution in [0.1, 0.15) is 27.9 Å². The number of hydrogen-bond donors (Lipinski definition) is 1. The Hall–Kier alpha value is -2.94. The molecule has 0 spiro atoms. The van der Waals surface area contributed by atoms with Crippen LogP contribution in [0, 0.1) is 5.82 Å². The fourth-order valence-electron chi connectivity index (χ4n) is 3.14. The van der Waals surface area contributed by atoms with Crippen molar-refractivity contribution in [1.29, 1.82) is 0 Å². The van der Waals surface area contributed by atoms with E-state index in [0.29, 0.717) is 30.6 Å². The lowest BCUT2D eigenvalue weighted by atomic mass is 10.0. The molecule has 29 heavy (non-hydrogen) atoms. The third-order valence-corrected chi connectivity index (χ3v) is 5.74. The van der Waals surface area contributed by atoms with Gasteiger partial charge in [-0.15, -0.1) is 0 Å². The molecule has 0 aromatic heterocycles. The van der Waals surface area contributed by atoms with E-state index in [1.807, 2.05) is 0 Å². The Bertz CT molecular complexity index is 1040. The smallest absolute Gasteiger partial charge is 0.338 e. The van der Waals surface area contributed by atoms with Gasteiger partial charge in [0.1, 0.15) is 5.82 Å². The molecule has 9 heteroatoms. The van der Waals surface area contributed by atoms with Gasteiger partial charge in [-0.2, -0.15) is 0 Å². The van der Waals surface area contributed by atoms with Crippen molar-refractivity contribution < 1.29 is 27.1 Å². The first-order valence-electron chi connectivity index (χ1n) is 9.03. The van der Waals surface area contributed by atoms with Gasteiger partial charge in [-0.3, -0.25) is 9.10 Å². The van der Waals surface area contributed by atoms with Gasteiger partial charge in [-0.1, -0.05) is 18.2 Å². The van der Waals surface area contributed by atoms with Gasteiger partial charge in [0.25, 0.3) is 5.91 Å². The maximum absolute atomic E-state index is 13.5. The quantitative estimate of drug-likeness (QED) is 0.722.